The summed E-state index contributed by atoms with van der Waals surface area (Å²) in [6.45, 7) is 0.304. The molecule has 0 aliphatic carbocycles. The number of hydrogen-bond donors (Lipinski definition) is 9. The molecule has 40 heavy (non-hydrogen) atoms. The first-order chi connectivity index (χ1) is 19.1. The standard InChI is InChI=1S/C25H38N8O5S2/c1-40-10-8-18(24(37)38)31-22(35)19(11-14-12-30-17-7-3-2-5-15(14)17)32-23(36)20(13-39)33-21(34)16(26)6-4-9-29-25(27)28/h2-3,5,7,12,16,18-20,30,39H,4,6,8-11,13,26H2,1H3,(H,31,35)(H,32,36)(H,33,34)(H,37,38)(H4,27,28,29). The first kappa shape index (κ1) is 32.8. The maximum atomic E-state index is 13.3. The van der Waals surface area contributed by atoms with Gasteiger partial charge in [-0.25, -0.2) is 4.79 Å². The van der Waals surface area contributed by atoms with E-state index in [1.807, 2.05) is 30.5 Å². The monoisotopic (exact) mass is 594 g/mol. The number of thiol groups is 1. The third-order valence-electron chi connectivity index (χ3n) is 6.08. The van der Waals surface area contributed by atoms with Crippen LogP contribution >= 0.6 is 24.4 Å². The van der Waals surface area contributed by atoms with Crippen LogP contribution in [0.5, 0.6) is 0 Å². The van der Waals surface area contributed by atoms with Crippen molar-refractivity contribution in [1.29, 1.82) is 0 Å². The summed E-state index contributed by atoms with van der Waals surface area (Å²) < 4.78 is 0. The number of guanidine groups is 1. The molecule has 0 bridgehead atoms. The van der Waals surface area contributed by atoms with Crippen molar-refractivity contribution in [3.8, 4) is 0 Å². The third-order valence-corrected chi connectivity index (χ3v) is 7.09. The molecule has 13 nitrogen and oxygen atoms in total. The molecule has 4 unspecified atom stereocenters. The zero-order valence-corrected chi connectivity index (χ0v) is 24.0. The van der Waals surface area contributed by atoms with E-state index < -0.39 is 47.9 Å². The Bertz CT molecular complexity index is 1190. The summed E-state index contributed by atoms with van der Waals surface area (Å²) in [4.78, 5) is 57.8. The van der Waals surface area contributed by atoms with Gasteiger partial charge in [0, 0.05) is 35.8 Å². The van der Waals surface area contributed by atoms with E-state index in [4.69, 9.17) is 17.2 Å². The summed E-state index contributed by atoms with van der Waals surface area (Å²) in [5.74, 6) is -2.66. The number of aliphatic imine (C=N–C) groups is 1. The molecule has 1 heterocycles. The Morgan fingerprint density at radius 3 is 2.33 bits per heavy atom. The normalized spacial score (nSPS) is 14.0. The lowest BCUT2D eigenvalue weighted by atomic mass is 10.0. The number of carbonyl (C=O) groups is 4. The van der Waals surface area contributed by atoms with Gasteiger partial charge in [-0.2, -0.15) is 24.4 Å². The number of H-pyrrole nitrogens is 1. The molecule has 0 aliphatic heterocycles. The Balaban J connectivity index is 2.16. The summed E-state index contributed by atoms with van der Waals surface area (Å²) in [6.07, 6.45) is 4.60. The predicted molar refractivity (Wildman–Crippen MR) is 160 cm³/mol. The molecule has 0 aliphatic rings. The molecule has 0 saturated carbocycles. The maximum absolute atomic E-state index is 13.3. The Morgan fingerprint density at radius 1 is 1.02 bits per heavy atom. The second kappa shape index (κ2) is 16.6. The fraction of sp³-hybridized carbons (Fsp3) is 0.480. The first-order valence-corrected chi connectivity index (χ1v) is 14.7. The van der Waals surface area contributed by atoms with Gasteiger partial charge in [-0.15, -0.1) is 0 Å². The molecule has 11 N–H and O–H groups in total. The van der Waals surface area contributed by atoms with Crippen molar-refractivity contribution in [3.63, 3.8) is 0 Å². The number of para-hydroxylation sites is 1. The van der Waals surface area contributed by atoms with Crippen molar-refractivity contribution in [1.82, 2.24) is 20.9 Å². The molecule has 0 saturated heterocycles. The van der Waals surface area contributed by atoms with Crippen molar-refractivity contribution < 1.29 is 24.3 Å². The summed E-state index contributed by atoms with van der Waals surface area (Å²) in [6, 6.07) is 3.21. The van der Waals surface area contributed by atoms with Gasteiger partial charge < -0.3 is 43.2 Å². The van der Waals surface area contributed by atoms with E-state index in [1.165, 1.54) is 11.8 Å². The molecule has 2 aromatic rings. The van der Waals surface area contributed by atoms with E-state index in [1.54, 1.807) is 6.20 Å². The highest BCUT2D eigenvalue weighted by Crippen LogP contribution is 2.19. The molecule has 0 spiro atoms. The molecule has 1 aromatic heterocycles. The molecular formula is C25H38N8O5S2. The quantitative estimate of drug-likeness (QED) is 0.0488. The van der Waals surface area contributed by atoms with E-state index in [-0.39, 0.29) is 31.0 Å². The van der Waals surface area contributed by atoms with Crippen LogP contribution in [0, 0.1) is 0 Å². The van der Waals surface area contributed by atoms with Gasteiger partial charge in [-0.1, -0.05) is 18.2 Å². The number of carboxylic acids is 1. The van der Waals surface area contributed by atoms with Crippen LogP contribution in [-0.2, 0) is 25.6 Å². The summed E-state index contributed by atoms with van der Waals surface area (Å²) >= 11 is 5.65. The molecular weight excluding hydrogens is 556 g/mol. The first-order valence-electron chi connectivity index (χ1n) is 12.7. The van der Waals surface area contributed by atoms with Gasteiger partial charge in [0.2, 0.25) is 17.7 Å². The van der Waals surface area contributed by atoms with Crippen molar-refractivity contribution in [2.45, 2.75) is 49.9 Å². The minimum atomic E-state index is -1.17. The van der Waals surface area contributed by atoms with Crippen LogP contribution in [-0.4, -0.2) is 88.2 Å². The van der Waals surface area contributed by atoms with Crippen LogP contribution in [0.25, 0.3) is 10.9 Å². The van der Waals surface area contributed by atoms with Gasteiger partial charge in [0.1, 0.15) is 18.1 Å². The number of nitrogens with one attached hydrogen (secondary N) is 4. The summed E-state index contributed by atoms with van der Waals surface area (Å²) in [5, 5.41) is 18.2. The highest BCUT2D eigenvalue weighted by molar-refractivity contribution is 7.98. The van der Waals surface area contributed by atoms with Crippen LogP contribution < -0.4 is 33.2 Å². The Hall–Kier alpha value is -3.43. The number of carbonyl (C=O) groups excluding carboxylic acids is 3. The number of rotatable bonds is 17. The molecule has 0 radical (unpaired) electrons. The van der Waals surface area contributed by atoms with Crippen molar-refractivity contribution >= 4 is 64.9 Å². The van der Waals surface area contributed by atoms with Gasteiger partial charge in [-0.05, 0) is 42.9 Å². The van der Waals surface area contributed by atoms with E-state index in [0.29, 0.717) is 18.7 Å². The van der Waals surface area contributed by atoms with E-state index in [0.717, 1.165) is 16.5 Å². The number of benzene rings is 1. The second-order valence-electron chi connectivity index (χ2n) is 9.10. The highest BCUT2D eigenvalue weighted by atomic mass is 32.2. The van der Waals surface area contributed by atoms with Crippen molar-refractivity contribution in [2.24, 2.45) is 22.2 Å². The Kier molecular flexibility index (Phi) is 13.6. The number of aromatic nitrogens is 1. The van der Waals surface area contributed by atoms with Gasteiger partial charge >= 0.3 is 5.97 Å². The van der Waals surface area contributed by atoms with Crippen LogP contribution in [0.1, 0.15) is 24.8 Å². The number of nitrogens with zero attached hydrogens (tertiary/aromatic N) is 1. The fourth-order valence-electron chi connectivity index (χ4n) is 3.89. The number of thioether (sulfide) groups is 1. The third kappa shape index (κ3) is 10.3. The number of fused-ring (bicyclic) bond motifs is 1. The SMILES string of the molecule is CSCCC(NC(=O)C(Cc1c[nH]c2ccccc12)NC(=O)C(CS)NC(=O)C(N)CCCN=C(N)N)C(=O)O. The second-order valence-corrected chi connectivity index (χ2v) is 10.5. The van der Waals surface area contributed by atoms with Gasteiger partial charge in [0.05, 0.1) is 6.04 Å². The van der Waals surface area contributed by atoms with Gasteiger partial charge in [0.25, 0.3) is 0 Å². The molecule has 3 amide bonds. The lowest BCUT2D eigenvalue weighted by Gasteiger charge is -2.24. The van der Waals surface area contributed by atoms with E-state index in [2.05, 4.69) is 38.6 Å². The Labute approximate surface area is 242 Å². The Morgan fingerprint density at radius 2 is 1.68 bits per heavy atom. The average molecular weight is 595 g/mol. The molecule has 0 fully saturated rings. The number of amides is 3. The summed E-state index contributed by atoms with van der Waals surface area (Å²) in [5.41, 5.74) is 18.1. The van der Waals surface area contributed by atoms with Crippen molar-refractivity contribution in [2.75, 3.05) is 24.3 Å². The minimum absolute atomic E-state index is 0.0602. The van der Waals surface area contributed by atoms with Crippen LogP contribution in [0.15, 0.2) is 35.5 Å². The molecule has 4 atom stereocenters. The van der Waals surface area contributed by atoms with Crippen LogP contribution in [0.4, 0.5) is 0 Å². The topological polar surface area (TPSA) is 231 Å². The zero-order valence-electron chi connectivity index (χ0n) is 22.3. The number of hydrogen-bond acceptors (Lipinski definition) is 8. The highest BCUT2D eigenvalue weighted by Gasteiger charge is 2.30. The average Bonchev–Trinajstić information content (AvgIpc) is 3.33. The van der Waals surface area contributed by atoms with Crippen LogP contribution in [0.3, 0.4) is 0 Å². The number of aromatic amines is 1. The van der Waals surface area contributed by atoms with E-state index >= 15 is 0 Å². The van der Waals surface area contributed by atoms with E-state index in [9.17, 15) is 24.3 Å². The van der Waals surface area contributed by atoms with Crippen molar-refractivity contribution in [3.05, 3.63) is 36.0 Å². The number of aliphatic carboxylic acids is 1. The zero-order chi connectivity index (χ0) is 29.7. The largest absolute Gasteiger partial charge is 0.480 e. The molecule has 220 valence electrons. The molecule has 15 heteroatoms. The fourth-order valence-corrected chi connectivity index (χ4v) is 4.62. The van der Waals surface area contributed by atoms with Gasteiger partial charge in [0.15, 0.2) is 5.96 Å². The number of carboxylic acid groups (broad SMARTS) is 1. The predicted octanol–water partition coefficient (Wildman–Crippen LogP) is -0.687. The van der Waals surface area contributed by atoms with Crippen LogP contribution in [0.2, 0.25) is 0 Å². The minimum Gasteiger partial charge on any atom is -0.480 e. The molecule has 2 rings (SSSR count). The lowest BCUT2D eigenvalue weighted by molar-refractivity contribution is -0.142. The maximum Gasteiger partial charge on any atom is 0.326 e. The summed E-state index contributed by atoms with van der Waals surface area (Å²) in [7, 11) is 0. The number of nitrogens with two attached hydrogens (primary N) is 3. The van der Waals surface area contributed by atoms with Gasteiger partial charge in [-0.3, -0.25) is 19.4 Å². The molecule has 1 aromatic carbocycles. The smallest absolute Gasteiger partial charge is 0.326 e. The lowest BCUT2D eigenvalue weighted by Crippen LogP contribution is -2.58.